The molecule has 0 atom stereocenters. The van der Waals surface area contributed by atoms with Gasteiger partial charge in [0.25, 0.3) is 0 Å². The third kappa shape index (κ3) is 5.74. The maximum Gasteiger partial charge on any atom is 0.306 e. The minimum absolute atomic E-state index is 0.125. The van der Waals surface area contributed by atoms with Crippen LogP contribution >= 0.6 is 0 Å². The average molecular weight is 400 g/mol. The van der Waals surface area contributed by atoms with Crippen molar-refractivity contribution in [3.63, 3.8) is 0 Å². The first-order valence-corrected chi connectivity index (χ1v) is 9.00. The second-order valence-electron chi connectivity index (χ2n) is 6.20. The van der Waals surface area contributed by atoms with Gasteiger partial charge in [0.2, 0.25) is 5.82 Å². The summed E-state index contributed by atoms with van der Waals surface area (Å²) in [5.74, 6) is -2.36. The molecule has 29 heavy (non-hydrogen) atoms. The Kier molecular flexibility index (Phi) is 6.72. The van der Waals surface area contributed by atoms with Crippen LogP contribution in [0.3, 0.4) is 0 Å². The number of nitrogens with zero attached hydrogens (tertiary/aromatic N) is 4. The van der Waals surface area contributed by atoms with E-state index in [0.29, 0.717) is 24.9 Å². The van der Waals surface area contributed by atoms with Crippen molar-refractivity contribution in [2.24, 2.45) is 0 Å². The second kappa shape index (κ2) is 9.63. The van der Waals surface area contributed by atoms with Crippen LogP contribution in [0, 0.1) is 11.6 Å². The quantitative estimate of drug-likeness (QED) is 0.311. The predicted octanol–water partition coefficient (Wildman–Crippen LogP) is 3.21. The molecule has 0 N–H and O–H groups in total. The first-order valence-electron chi connectivity index (χ1n) is 9.00. The number of rotatable bonds is 9. The summed E-state index contributed by atoms with van der Waals surface area (Å²) in [6.45, 7) is 0.535. The molecular weight excluding hydrogens is 382 g/mol. The molecule has 1 heterocycles. The van der Waals surface area contributed by atoms with E-state index in [1.165, 1.54) is 4.80 Å². The van der Waals surface area contributed by atoms with Crippen molar-refractivity contribution in [1.82, 2.24) is 20.2 Å². The molecule has 0 aliphatic carbocycles. The van der Waals surface area contributed by atoms with E-state index < -0.39 is 23.4 Å². The number of benzene rings is 2. The average Bonchev–Trinajstić information content (AvgIpc) is 3.19. The van der Waals surface area contributed by atoms with Crippen LogP contribution in [-0.2, 0) is 16.1 Å². The van der Waals surface area contributed by atoms with Gasteiger partial charge in [0.1, 0.15) is 11.6 Å². The molecule has 7 nitrogen and oxygen atoms in total. The lowest BCUT2D eigenvalue weighted by molar-refractivity contribution is -0.143. The summed E-state index contributed by atoms with van der Waals surface area (Å²) in [6, 6.07) is 12.1. The zero-order valence-electron chi connectivity index (χ0n) is 15.4. The van der Waals surface area contributed by atoms with Gasteiger partial charge in [-0.2, -0.15) is 4.80 Å². The van der Waals surface area contributed by atoms with Crippen molar-refractivity contribution in [3.05, 3.63) is 65.7 Å². The summed E-state index contributed by atoms with van der Waals surface area (Å²) < 4.78 is 31.5. The summed E-state index contributed by atoms with van der Waals surface area (Å²) in [6.07, 6.45) is 0.0682. The summed E-state index contributed by atoms with van der Waals surface area (Å²) in [5.41, 5.74) is 0.609. The molecular formula is C20H18F2N4O3. The van der Waals surface area contributed by atoms with Gasteiger partial charge in [0.05, 0.1) is 25.1 Å². The Morgan fingerprint density at radius 2 is 1.83 bits per heavy atom. The molecule has 1 aromatic heterocycles. The molecule has 0 unspecified atom stereocenters. The standard InChI is InChI=1S/C20H18F2N4O3/c21-15-7-8-16(17(22)13-15)18(27)9-10-19(28)29-12-4-11-26-24-20(23-25-26)14-5-2-1-3-6-14/h1-3,5-8,13H,4,9-12H2. The van der Waals surface area contributed by atoms with Crippen molar-refractivity contribution in [3.8, 4) is 11.4 Å². The lowest BCUT2D eigenvalue weighted by atomic mass is 10.1. The monoisotopic (exact) mass is 400 g/mol. The number of aromatic nitrogens is 4. The highest BCUT2D eigenvalue weighted by atomic mass is 19.1. The lowest BCUT2D eigenvalue weighted by Gasteiger charge is -2.05. The highest BCUT2D eigenvalue weighted by Crippen LogP contribution is 2.13. The van der Waals surface area contributed by atoms with E-state index in [1.54, 1.807) is 0 Å². The Balaban J connectivity index is 1.37. The lowest BCUT2D eigenvalue weighted by Crippen LogP contribution is -2.12. The summed E-state index contributed by atoms with van der Waals surface area (Å²) >= 11 is 0. The van der Waals surface area contributed by atoms with E-state index in [0.717, 1.165) is 17.7 Å². The maximum absolute atomic E-state index is 13.5. The zero-order valence-corrected chi connectivity index (χ0v) is 15.4. The van der Waals surface area contributed by atoms with Crippen molar-refractivity contribution >= 4 is 11.8 Å². The number of hydrogen-bond donors (Lipinski definition) is 0. The molecule has 9 heteroatoms. The minimum atomic E-state index is -0.946. The van der Waals surface area contributed by atoms with E-state index in [-0.39, 0.29) is 25.0 Å². The van der Waals surface area contributed by atoms with E-state index in [2.05, 4.69) is 15.4 Å². The molecule has 3 aromatic rings. The molecule has 0 saturated heterocycles. The van der Waals surface area contributed by atoms with Gasteiger partial charge in [-0.1, -0.05) is 30.3 Å². The van der Waals surface area contributed by atoms with E-state index >= 15 is 0 Å². The van der Waals surface area contributed by atoms with Crippen LogP contribution < -0.4 is 0 Å². The topological polar surface area (TPSA) is 87.0 Å². The highest BCUT2D eigenvalue weighted by Gasteiger charge is 2.15. The molecule has 0 bridgehead atoms. The van der Waals surface area contributed by atoms with E-state index in [1.807, 2.05) is 30.3 Å². The van der Waals surface area contributed by atoms with Gasteiger partial charge in [-0.05, 0) is 17.3 Å². The fourth-order valence-electron chi connectivity index (χ4n) is 2.57. The van der Waals surface area contributed by atoms with Crippen LogP contribution in [0.5, 0.6) is 0 Å². The summed E-state index contributed by atoms with van der Waals surface area (Å²) in [5, 5.41) is 12.2. The number of aryl methyl sites for hydroxylation is 1. The number of carbonyl (C=O) groups excluding carboxylic acids is 2. The molecule has 3 rings (SSSR count). The molecule has 0 amide bonds. The van der Waals surface area contributed by atoms with E-state index in [9.17, 15) is 18.4 Å². The number of esters is 1. The van der Waals surface area contributed by atoms with Gasteiger partial charge in [-0.15, -0.1) is 10.2 Å². The highest BCUT2D eigenvalue weighted by molar-refractivity contribution is 5.97. The molecule has 0 spiro atoms. The summed E-state index contributed by atoms with van der Waals surface area (Å²) in [7, 11) is 0. The second-order valence-corrected chi connectivity index (χ2v) is 6.20. The normalized spacial score (nSPS) is 10.7. The number of tetrazole rings is 1. The van der Waals surface area contributed by atoms with Crippen LogP contribution in [0.4, 0.5) is 8.78 Å². The van der Waals surface area contributed by atoms with Crippen LogP contribution in [-0.4, -0.2) is 38.6 Å². The smallest absolute Gasteiger partial charge is 0.306 e. The van der Waals surface area contributed by atoms with Gasteiger partial charge in [-0.3, -0.25) is 9.59 Å². The largest absolute Gasteiger partial charge is 0.466 e. The van der Waals surface area contributed by atoms with Crippen molar-refractivity contribution in [2.45, 2.75) is 25.8 Å². The van der Waals surface area contributed by atoms with E-state index in [4.69, 9.17) is 4.74 Å². The summed E-state index contributed by atoms with van der Waals surface area (Å²) in [4.78, 5) is 25.1. The van der Waals surface area contributed by atoms with Gasteiger partial charge in [0.15, 0.2) is 5.78 Å². The van der Waals surface area contributed by atoms with Gasteiger partial charge in [-0.25, -0.2) is 8.78 Å². The Hall–Kier alpha value is -3.49. The number of carbonyl (C=O) groups is 2. The molecule has 0 radical (unpaired) electrons. The fourth-order valence-corrected chi connectivity index (χ4v) is 2.57. The molecule has 0 saturated carbocycles. The van der Waals surface area contributed by atoms with Crippen molar-refractivity contribution < 1.29 is 23.1 Å². The Bertz CT molecular complexity index is 992. The minimum Gasteiger partial charge on any atom is -0.466 e. The Morgan fingerprint density at radius 3 is 2.59 bits per heavy atom. The van der Waals surface area contributed by atoms with Crippen LogP contribution in [0.1, 0.15) is 29.6 Å². The van der Waals surface area contributed by atoms with Gasteiger partial charge < -0.3 is 4.74 Å². The third-order valence-electron chi connectivity index (χ3n) is 4.04. The van der Waals surface area contributed by atoms with Crippen LogP contribution in [0.25, 0.3) is 11.4 Å². The third-order valence-corrected chi connectivity index (χ3v) is 4.04. The van der Waals surface area contributed by atoms with Crippen LogP contribution in [0.2, 0.25) is 0 Å². The first-order chi connectivity index (χ1) is 14.0. The predicted molar refractivity (Wildman–Crippen MR) is 98.8 cm³/mol. The molecule has 150 valence electrons. The number of halogens is 2. The molecule has 2 aromatic carbocycles. The maximum atomic E-state index is 13.5. The van der Waals surface area contributed by atoms with Gasteiger partial charge >= 0.3 is 5.97 Å². The number of ketones is 1. The molecule has 0 aliphatic heterocycles. The first kappa shape index (κ1) is 20.2. The molecule has 0 aliphatic rings. The van der Waals surface area contributed by atoms with Crippen LogP contribution in [0.15, 0.2) is 48.5 Å². The SMILES string of the molecule is O=C(CCC(=O)c1ccc(F)cc1F)OCCCn1nnc(-c2ccccc2)n1. The van der Waals surface area contributed by atoms with Gasteiger partial charge in [0, 0.05) is 24.5 Å². The number of hydrogen-bond acceptors (Lipinski definition) is 6. The zero-order chi connectivity index (χ0) is 20.6. The number of Topliss-reactive ketones (excluding diaryl/α,β-unsaturated/α-hetero) is 1. The number of ether oxygens (including phenoxy) is 1. The van der Waals surface area contributed by atoms with Crippen molar-refractivity contribution in [2.75, 3.05) is 6.61 Å². The molecule has 0 fully saturated rings. The van der Waals surface area contributed by atoms with Crippen molar-refractivity contribution in [1.29, 1.82) is 0 Å². The fraction of sp³-hybridized carbons (Fsp3) is 0.250. The Labute approximate surface area is 165 Å². The Morgan fingerprint density at radius 1 is 1.03 bits per heavy atom.